The molecule has 3 aromatic heterocycles. The van der Waals surface area contributed by atoms with E-state index in [0.29, 0.717) is 0 Å². The molecule has 12 aromatic rings. The molecule has 0 N–H and O–H groups in total. The van der Waals surface area contributed by atoms with Crippen molar-refractivity contribution in [2.24, 2.45) is 0 Å². The van der Waals surface area contributed by atoms with Gasteiger partial charge in [0.05, 0.1) is 16.6 Å². The van der Waals surface area contributed by atoms with E-state index in [1.165, 1.54) is 143 Å². The van der Waals surface area contributed by atoms with Gasteiger partial charge in [0.15, 0.2) is 0 Å². The van der Waals surface area contributed by atoms with Crippen LogP contribution in [-0.2, 0) is 0 Å². The summed E-state index contributed by atoms with van der Waals surface area (Å²) in [6.45, 7) is 6.83. The second-order valence-electron chi connectivity index (χ2n) is 17.0. The molecule has 0 spiro atoms. The molecule has 5 heterocycles. The van der Waals surface area contributed by atoms with Crippen LogP contribution in [0.15, 0.2) is 158 Å². The van der Waals surface area contributed by atoms with Gasteiger partial charge in [0, 0.05) is 48.9 Å². The summed E-state index contributed by atoms with van der Waals surface area (Å²) in [7, 11) is 0. The molecule has 2 aliphatic heterocycles. The second kappa shape index (κ2) is 10.6. The zero-order valence-electron chi connectivity index (χ0n) is 32.5. The van der Waals surface area contributed by atoms with Gasteiger partial charge in [-0.3, -0.25) is 0 Å². The maximum atomic E-state index is 2.73. The molecule has 268 valence electrons. The maximum absolute atomic E-state index is 2.73. The maximum Gasteiger partial charge on any atom is 0.333 e. The minimum atomic E-state index is -0.0142. The lowest BCUT2D eigenvalue weighted by atomic mass is 9.45. The summed E-state index contributed by atoms with van der Waals surface area (Å²) in [5.41, 5.74) is 23.8. The molecule has 0 amide bonds. The third-order valence-corrected chi connectivity index (χ3v) is 13.8. The Balaban J connectivity index is 1.27. The topological polar surface area (TPSA) is 9.34 Å². The van der Waals surface area contributed by atoms with Crippen molar-refractivity contribution in [3.8, 4) is 44.5 Å². The number of aryl methyl sites for hydroxylation is 3. The first-order valence-electron chi connectivity index (χ1n) is 20.5. The number of aromatic nitrogens is 2. The Morgan fingerprint density at radius 2 is 1.07 bits per heavy atom. The highest BCUT2D eigenvalue weighted by molar-refractivity contribution is 6.91. The molecule has 0 bridgehead atoms. The van der Waals surface area contributed by atoms with E-state index in [4.69, 9.17) is 0 Å². The molecular formula is C55H35BN2. The van der Waals surface area contributed by atoms with Crippen molar-refractivity contribution in [3.63, 3.8) is 0 Å². The Morgan fingerprint density at radius 1 is 0.414 bits per heavy atom. The number of hydrogen-bond donors (Lipinski definition) is 0. The van der Waals surface area contributed by atoms with Gasteiger partial charge >= 0.3 is 6.85 Å². The van der Waals surface area contributed by atoms with Crippen molar-refractivity contribution < 1.29 is 0 Å². The fraction of sp³-hybridized carbons (Fsp3) is 0.0545. The fourth-order valence-corrected chi connectivity index (χ4v) is 11.8. The molecule has 9 aromatic carbocycles. The van der Waals surface area contributed by atoms with Crippen LogP contribution in [0, 0.1) is 20.8 Å². The summed E-state index contributed by atoms with van der Waals surface area (Å²) in [6, 6.07) is 60.0. The highest BCUT2D eigenvalue weighted by atomic mass is 15.0. The standard InChI is InChI=1S/C55H35BN2/c1-30-23-31(2)48(32(3)24-30)44-29-41-39-19-12-20-40-49-38-18-11-10-17-35(38)21-22-47(49)58(53(39)40)56-46-28-37(34-15-8-5-9-16-34)26-43-42-25-36(33-13-6-4-7-14-33)27-45-50(44)55(51(41)56)57(52(42)45)54(43)46/h4-29H,1-3H3. The first-order chi connectivity index (χ1) is 28.5. The minimum Gasteiger partial charge on any atom is -0.375 e. The summed E-state index contributed by atoms with van der Waals surface area (Å²) < 4.78 is 5.42. The molecule has 14 rings (SSSR count). The van der Waals surface area contributed by atoms with Gasteiger partial charge in [-0.2, -0.15) is 0 Å². The van der Waals surface area contributed by atoms with Crippen LogP contribution in [0.3, 0.4) is 0 Å². The quantitative estimate of drug-likeness (QED) is 0.160. The molecule has 58 heavy (non-hydrogen) atoms. The van der Waals surface area contributed by atoms with Crippen LogP contribution in [0.25, 0.3) is 115 Å². The third kappa shape index (κ3) is 3.67. The van der Waals surface area contributed by atoms with E-state index in [2.05, 4.69) is 187 Å². The Labute approximate surface area is 335 Å². The number of para-hydroxylation sites is 1. The van der Waals surface area contributed by atoms with Gasteiger partial charge in [-0.05, 0) is 123 Å². The predicted octanol–water partition coefficient (Wildman–Crippen LogP) is 13.0. The van der Waals surface area contributed by atoms with Crippen molar-refractivity contribution in [1.29, 1.82) is 0 Å². The monoisotopic (exact) mass is 734 g/mol. The molecule has 0 saturated heterocycles. The Bertz CT molecular complexity index is 3790. The molecule has 0 saturated carbocycles. The molecule has 0 atom stereocenters. The molecule has 0 fully saturated rings. The van der Waals surface area contributed by atoms with Gasteiger partial charge in [-0.1, -0.05) is 133 Å². The van der Waals surface area contributed by atoms with Crippen LogP contribution in [0.5, 0.6) is 0 Å². The van der Waals surface area contributed by atoms with E-state index < -0.39 is 0 Å². The molecular weight excluding hydrogens is 699 g/mol. The van der Waals surface area contributed by atoms with Crippen LogP contribution in [-0.4, -0.2) is 15.7 Å². The minimum absolute atomic E-state index is 0.0142. The van der Waals surface area contributed by atoms with Crippen molar-refractivity contribution in [3.05, 3.63) is 174 Å². The third-order valence-electron chi connectivity index (χ3n) is 13.8. The van der Waals surface area contributed by atoms with E-state index in [9.17, 15) is 0 Å². The number of fused-ring (bicyclic) bond motifs is 10. The van der Waals surface area contributed by atoms with Gasteiger partial charge < -0.3 is 8.88 Å². The Morgan fingerprint density at radius 3 is 1.83 bits per heavy atom. The average Bonchev–Trinajstić information content (AvgIpc) is 3.90. The van der Waals surface area contributed by atoms with Crippen LogP contribution in [0.2, 0.25) is 0 Å². The van der Waals surface area contributed by atoms with Crippen molar-refractivity contribution in [2.75, 3.05) is 0 Å². The molecule has 0 unspecified atom stereocenters. The van der Waals surface area contributed by atoms with E-state index in [0.717, 1.165) is 0 Å². The van der Waals surface area contributed by atoms with E-state index in [1.54, 1.807) is 0 Å². The van der Waals surface area contributed by atoms with E-state index in [1.807, 2.05) is 0 Å². The predicted molar refractivity (Wildman–Crippen MR) is 248 cm³/mol. The molecule has 2 nitrogen and oxygen atoms in total. The van der Waals surface area contributed by atoms with Gasteiger partial charge in [-0.25, -0.2) is 0 Å². The lowest BCUT2D eigenvalue weighted by molar-refractivity contribution is 1.30. The van der Waals surface area contributed by atoms with Crippen LogP contribution in [0.1, 0.15) is 16.7 Å². The smallest absolute Gasteiger partial charge is 0.333 e. The van der Waals surface area contributed by atoms with Crippen molar-refractivity contribution in [1.82, 2.24) is 8.88 Å². The normalized spacial score (nSPS) is 13.1. The van der Waals surface area contributed by atoms with Gasteiger partial charge in [0.2, 0.25) is 0 Å². The number of rotatable bonds is 3. The van der Waals surface area contributed by atoms with Crippen LogP contribution < -0.4 is 10.9 Å². The summed E-state index contributed by atoms with van der Waals surface area (Å²) in [5.74, 6) is 0. The summed E-state index contributed by atoms with van der Waals surface area (Å²) in [5, 5.41) is 10.6. The first kappa shape index (κ1) is 31.0. The Kier molecular flexibility index (Phi) is 5.70. The largest absolute Gasteiger partial charge is 0.375 e. The summed E-state index contributed by atoms with van der Waals surface area (Å²) in [4.78, 5) is 0. The van der Waals surface area contributed by atoms with Gasteiger partial charge in [-0.15, -0.1) is 0 Å². The first-order valence-corrected chi connectivity index (χ1v) is 20.5. The van der Waals surface area contributed by atoms with Crippen molar-refractivity contribution >= 4 is 88.4 Å². The van der Waals surface area contributed by atoms with Crippen LogP contribution in [0.4, 0.5) is 0 Å². The number of nitrogens with zero attached hydrogens (tertiary/aromatic N) is 2. The van der Waals surface area contributed by atoms with Crippen molar-refractivity contribution in [2.45, 2.75) is 20.8 Å². The molecule has 0 aliphatic carbocycles. The molecule has 0 radical (unpaired) electrons. The SMILES string of the molecule is Cc1cc(C)c(-c2cc3c4c5c2c2cc(-c6ccccc6)cc6c7cc(-c8ccccc8)cc(c7n5c62)B4n2c4ccc5ccccc5c4c4cccc-3c42)c(C)c1. The Hall–Kier alpha value is -7.10. The second-order valence-corrected chi connectivity index (χ2v) is 17.0. The van der Waals surface area contributed by atoms with Gasteiger partial charge in [0.25, 0.3) is 0 Å². The molecule has 3 heteroatoms. The number of hydrogen-bond acceptors (Lipinski definition) is 0. The lowest BCUT2D eigenvalue weighted by Crippen LogP contribution is -2.54. The van der Waals surface area contributed by atoms with Gasteiger partial charge in [0.1, 0.15) is 0 Å². The van der Waals surface area contributed by atoms with E-state index >= 15 is 0 Å². The zero-order valence-corrected chi connectivity index (χ0v) is 32.5. The lowest BCUT2D eigenvalue weighted by Gasteiger charge is -2.32. The highest BCUT2D eigenvalue weighted by Crippen LogP contribution is 2.51. The average molecular weight is 735 g/mol. The number of benzene rings is 9. The summed E-state index contributed by atoms with van der Waals surface area (Å²) >= 11 is 0. The van der Waals surface area contributed by atoms with E-state index in [-0.39, 0.29) is 6.85 Å². The summed E-state index contributed by atoms with van der Waals surface area (Å²) in [6.07, 6.45) is 0. The highest BCUT2D eigenvalue weighted by Gasteiger charge is 2.43. The molecule has 2 aliphatic rings. The fourth-order valence-electron chi connectivity index (χ4n) is 11.8. The zero-order chi connectivity index (χ0) is 38.1. The van der Waals surface area contributed by atoms with Crippen LogP contribution >= 0.6 is 0 Å².